The summed E-state index contributed by atoms with van der Waals surface area (Å²) in [4.78, 5) is 18.6. The van der Waals surface area contributed by atoms with E-state index in [4.69, 9.17) is 4.74 Å². The largest absolute Gasteiger partial charge is 0.383 e. The van der Waals surface area contributed by atoms with Crippen molar-refractivity contribution in [1.82, 2.24) is 30.1 Å². The SMILES string of the molecule is CCc1ccc2[nH]c(=O)c(C(c3nnnn3CCOC)N3CCCCCC3)cc2c1. The van der Waals surface area contributed by atoms with Crippen LogP contribution in [0.25, 0.3) is 10.9 Å². The van der Waals surface area contributed by atoms with Gasteiger partial charge in [0.25, 0.3) is 5.56 Å². The Kier molecular flexibility index (Phi) is 6.54. The summed E-state index contributed by atoms with van der Waals surface area (Å²) in [6, 6.07) is 7.95. The molecular weight excluding hydrogens is 380 g/mol. The molecule has 30 heavy (non-hydrogen) atoms. The monoisotopic (exact) mass is 410 g/mol. The van der Waals surface area contributed by atoms with E-state index in [1.54, 1.807) is 11.8 Å². The maximum Gasteiger partial charge on any atom is 0.253 e. The predicted molar refractivity (Wildman–Crippen MR) is 116 cm³/mol. The number of hydrogen-bond acceptors (Lipinski definition) is 6. The molecule has 0 bridgehead atoms. The van der Waals surface area contributed by atoms with E-state index < -0.39 is 0 Å². The number of nitrogens with one attached hydrogen (secondary N) is 1. The summed E-state index contributed by atoms with van der Waals surface area (Å²) < 4.78 is 7.00. The molecule has 2 aromatic heterocycles. The number of benzene rings is 1. The number of tetrazole rings is 1. The van der Waals surface area contributed by atoms with Crippen LogP contribution in [0.5, 0.6) is 0 Å². The highest BCUT2D eigenvalue weighted by Gasteiger charge is 2.30. The molecule has 1 atom stereocenters. The molecule has 8 nitrogen and oxygen atoms in total. The van der Waals surface area contributed by atoms with Gasteiger partial charge >= 0.3 is 0 Å². The summed E-state index contributed by atoms with van der Waals surface area (Å²) in [5.41, 5.74) is 2.72. The first-order chi connectivity index (χ1) is 14.7. The van der Waals surface area contributed by atoms with Gasteiger partial charge < -0.3 is 9.72 Å². The average molecular weight is 411 g/mol. The van der Waals surface area contributed by atoms with Crippen LogP contribution in [0.15, 0.2) is 29.1 Å². The third-order valence-electron chi connectivity index (χ3n) is 5.96. The number of aromatic nitrogens is 5. The lowest BCUT2D eigenvalue weighted by Crippen LogP contribution is -2.36. The van der Waals surface area contributed by atoms with Crippen molar-refractivity contribution in [2.24, 2.45) is 0 Å². The minimum Gasteiger partial charge on any atom is -0.383 e. The van der Waals surface area contributed by atoms with Crippen molar-refractivity contribution in [3.63, 3.8) is 0 Å². The standard InChI is InChI=1S/C22H30N6O2/c1-3-16-8-9-19-17(14-16)15-18(22(29)23-19)20(27-10-6-4-5-7-11-27)21-24-25-26-28(21)12-13-30-2/h8-9,14-15,20H,3-7,10-13H2,1-2H3,(H,23,29). The molecule has 0 spiro atoms. The number of methoxy groups -OCH3 is 1. The van der Waals surface area contributed by atoms with Gasteiger partial charge in [0.05, 0.1) is 13.2 Å². The van der Waals surface area contributed by atoms with Crippen LogP contribution in [-0.4, -0.2) is 56.9 Å². The number of rotatable bonds is 7. The lowest BCUT2D eigenvalue weighted by atomic mass is 10.0. The number of pyridine rings is 1. The Morgan fingerprint density at radius 3 is 2.70 bits per heavy atom. The lowest BCUT2D eigenvalue weighted by Gasteiger charge is -2.29. The quantitative estimate of drug-likeness (QED) is 0.644. The number of aromatic amines is 1. The van der Waals surface area contributed by atoms with Gasteiger partial charge in [0, 0.05) is 18.2 Å². The number of aryl methyl sites for hydroxylation is 1. The molecule has 1 N–H and O–H groups in total. The van der Waals surface area contributed by atoms with Crippen molar-refractivity contribution in [1.29, 1.82) is 0 Å². The van der Waals surface area contributed by atoms with Gasteiger partial charge in [-0.05, 0) is 71.9 Å². The second kappa shape index (κ2) is 9.49. The van der Waals surface area contributed by atoms with Crippen LogP contribution >= 0.6 is 0 Å². The molecule has 1 aliphatic rings. The van der Waals surface area contributed by atoms with E-state index >= 15 is 0 Å². The highest BCUT2D eigenvalue weighted by Crippen LogP contribution is 2.29. The third kappa shape index (κ3) is 4.29. The molecule has 3 heterocycles. The van der Waals surface area contributed by atoms with Gasteiger partial charge in [-0.15, -0.1) is 5.10 Å². The fraction of sp³-hybridized carbons (Fsp3) is 0.545. The number of likely N-dealkylation sites (tertiary alicyclic amines) is 1. The summed E-state index contributed by atoms with van der Waals surface area (Å²) in [6.45, 7) is 5.05. The predicted octanol–water partition coefficient (Wildman–Crippen LogP) is 2.69. The van der Waals surface area contributed by atoms with E-state index in [9.17, 15) is 4.79 Å². The summed E-state index contributed by atoms with van der Waals surface area (Å²) in [5, 5.41) is 13.5. The summed E-state index contributed by atoms with van der Waals surface area (Å²) in [6.07, 6.45) is 5.61. The van der Waals surface area contributed by atoms with Crippen molar-refractivity contribution in [2.75, 3.05) is 26.8 Å². The zero-order valence-electron chi connectivity index (χ0n) is 17.8. The molecule has 8 heteroatoms. The van der Waals surface area contributed by atoms with Gasteiger partial charge in [-0.1, -0.05) is 25.8 Å². The molecule has 1 saturated heterocycles. The van der Waals surface area contributed by atoms with Gasteiger partial charge in [0.1, 0.15) is 6.04 Å². The Balaban J connectivity index is 1.84. The van der Waals surface area contributed by atoms with Crippen LogP contribution in [0.4, 0.5) is 0 Å². The van der Waals surface area contributed by atoms with Crippen LogP contribution < -0.4 is 5.56 Å². The van der Waals surface area contributed by atoms with Crippen LogP contribution in [-0.2, 0) is 17.7 Å². The first-order valence-corrected chi connectivity index (χ1v) is 10.9. The first kappa shape index (κ1) is 20.7. The Morgan fingerprint density at radius 1 is 1.17 bits per heavy atom. The van der Waals surface area contributed by atoms with E-state index in [1.165, 1.54) is 18.4 Å². The summed E-state index contributed by atoms with van der Waals surface area (Å²) >= 11 is 0. The molecule has 1 aliphatic heterocycles. The average Bonchev–Trinajstić information content (AvgIpc) is 3.05. The normalized spacial score (nSPS) is 16.6. The number of fused-ring (bicyclic) bond motifs is 1. The Labute approximate surface area is 176 Å². The van der Waals surface area contributed by atoms with Crippen LogP contribution in [0.2, 0.25) is 0 Å². The van der Waals surface area contributed by atoms with Crippen LogP contribution in [0.3, 0.4) is 0 Å². The Bertz CT molecular complexity index is 1040. The lowest BCUT2D eigenvalue weighted by molar-refractivity contribution is 0.175. The highest BCUT2D eigenvalue weighted by atomic mass is 16.5. The molecule has 3 aromatic rings. The zero-order chi connectivity index (χ0) is 20.9. The summed E-state index contributed by atoms with van der Waals surface area (Å²) in [7, 11) is 1.66. The van der Waals surface area contributed by atoms with Gasteiger partial charge in [-0.3, -0.25) is 9.69 Å². The van der Waals surface area contributed by atoms with E-state index in [0.717, 1.165) is 43.3 Å². The van der Waals surface area contributed by atoms with Crippen molar-refractivity contribution in [3.05, 3.63) is 51.6 Å². The topological polar surface area (TPSA) is 88.9 Å². The molecule has 0 amide bonds. The fourth-order valence-corrected chi connectivity index (χ4v) is 4.29. The van der Waals surface area contributed by atoms with Crippen molar-refractivity contribution >= 4 is 10.9 Å². The molecule has 1 aromatic carbocycles. The molecule has 1 unspecified atom stereocenters. The van der Waals surface area contributed by atoms with E-state index in [2.05, 4.69) is 44.5 Å². The van der Waals surface area contributed by atoms with E-state index in [-0.39, 0.29) is 11.6 Å². The van der Waals surface area contributed by atoms with Crippen LogP contribution in [0, 0.1) is 0 Å². The number of H-pyrrole nitrogens is 1. The number of ether oxygens (including phenoxy) is 1. The van der Waals surface area contributed by atoms with Gasteiger partial charge in [0.2, 0.25) is 0 Å². The fourth-order valence-electron chi connectivity index (χ4n) is 4.29. The molecule has 1 fully saturated rings. The van der Waals surface area contributed by atoms with Crippen molar-refractivity contribution in [2.45, 2.75) is 51.6 Å². The second-order valence-electron chi connectivity index (χ2n) is 7.93. The highest BCUT2D eigenvalue weighted by molar-refractivity contribution is 5.80. The minimum absolute atomic E-state index is 0.0812. The first-order valence-electron chi connectivity index (χ1n) is 10.9. The maximum atomic E-state index is 13.2. The number of hydrogen-bond donors (Lipinski definition) is 1. The smallest absolute Gasteiger partial charge is 0.253 e. The third-order valence-corrected chi connectivity index (χ3v) is 5.96. The second-order valence-corrected chi connectivity index (χ2v) is 7.93. The molecular formula is C22H30N6O2. The Morgan fingerprint density at radius 2 is 1.97 bits per heavy atom. The summed E-state index contributed by atoms with van der Waals surface area (Å²) in [5.74, 6) is 0.699. The van der Waals surface area contributed by atoms with Gasteiger partial charge in [-0.2, -0.15) is 0 Å². The van der Waals surface area contributed by atoms with Gasteiger partial charge in [0.15, 0.2) is 5.82 Å². The van der Waals surface area contributed by atoms with Crippen molar-refractivity contribution in [3.8, 4) is 0 Å². The van der Waals surface area contributed by atoms with E-state index in [1.807, 2.05) is 12.1 Å². The molecule has 0 saturated carbocycles. The van der Waals surface area contributed by atoms with Gasteiger partial charge in [-0.25, -0.2) is 4.68 Å². The van der Waals surface area contributed by atoms with Crippen LogP contribution in [0.1, 0.15) is 55.6 Å². The van der Waals surface area contributed by atoms with Crippen molar-refractivity contribution < 1.29 is 4.74 Å². The molecule has 4 rings (SSSR count). The molecule has 160 valence electrons. The maximum absolute atomic E-state index is 13.2. The number of nitrogens with zero attached hydrogens (tertiary/aromatic N) is 5. The minimum atomic E-state index is -0.284. The van der Waals surface area contributed by atoms with E-state index in [0.29, 0.717) is 24.5 Å². The molecule has 0 radical (unpaired) electrons. The zero-order valence-corrected chi connectivity index (χ0v) is 17.8. The Hall–Kier alpha value is -2.58. The molecule has 0 aliphatic carbocycles.